The van der Waals surface area contributed by atoms with Crippen molar-refractivity contribution >= 4 is 0 Å². The first-order valence-electron chi connectivity index (χ1n) is 6.83. The average molecular weight is 251 g/mol. The number of ether oxygens (including phenoxy) is 1. The van der Waals surface area contributed by atoms with Gasteiger partial charge in [-0.25, -0.2) is 4.39 Å². The number of benzene rings is 1. The third kappa shape index (κ3) is 2.90. The summed E-state index contributed by atoms with van der Waals surface area (Å²) in [6, 6.07) is 7.12. The summed E-state index contributed by atoms with van der Waals surface area (Å²) in [5, 5.41) is 3.48. The number of hydrogen-bond acceptors (Lipinski definition) is 2. The monoisotopic (exact) mass is 251 g/mol. The molecule has 3 unspecified atom stereocenters. The van der Waals surface area contributed by atoms with Crippen LogP contribution < -0.4 is 5.32 Å². The Morgan fingerprint density at radius 2 is 2.22 bits per heavy atom. The Hall–Kier alpha value is -0.930. The fraction of sp³-hybridized carbons (Fsp3) is 0.600. The molecule has 3 heteroatoms. The summed E-state index contributed by atoms with van der Waals surface area (Å²) in [5.41, 5.74) is 0.772. The maximum atomic E-state index is 14.0. The summed E-state index contributed by atoms with van der Waals surface area (Å²) >= 11 is 0. The molecule has 0 spiro atoms. The predicted octanol–water partition coefficient (Wildman–Crippen LogP) is 3.29. The van der Waals surface area contributed by atoms with E-state index in [0.717, 1.165) is 31.6 Å². The summed E-state index contributed by atoms with van der Waals surface area (Å²) in [6.45, 7) is 5.89. The maximum Gasteiger partial charge on any atom is 0.127 e. The molecule has 1 aliphatic heterocycles. The highest BCUT2D eigenvalue weighted by Gasteiger charge is 2.33. The molecule has 18 heavy (non-hydrogen) atoms. The Balaban J connectivity index is 2.21. The first kappa shape index (κ1) is 13.5. The highest BCUT2D eigenvalue weighted by atomic mass is 19.1. The van der Waals surface area contributed by atoms with E-state index in [4.69, 9.17) is 4.74 Å². The van der Waals surface area contributed by atoms with Gasteiger partial charge in [0.25, 0.3) is 0 Å². The van der Waals surface area contributed by atoms with E-state index >= 15 is 0 Å². The zero-order valence-corrected chi connectivity index (χ0v) is 11.2. The van der Waals surface area contributed by atoms with E-state index in [1.54, 1.807) is 6.07 Å². The molecular weight excluding hydrogens is 229 g/mol. The maximum absolute atomic E-state index is 14.0. The van der Waals surface area contributed by atoms with Gasteiger partial charge in [0.05, 0.1) is 6.10 Å². The molecule has 100 valence electrons. The highest BCUT2D eigenvalue weighted by Crippen LogP contribution is 2.34. The van der Waals surface area contributed by atoms with Crippen LogP contribution >= 0.6 is 0 Å². The Bertz CT molecular complexity index is 383. The quantitative estimate of drug-likeness (QED) is 0.867. The topological polar surface area (TPSA) is 21.3 Å². The SMILES string of the molecule is CCCNC(c1ccccc1F)C1CCOC1C. The van der Waals surface area contributed by atoms with E-state index in [1.807, 2.05) is 12.1 Å². The van der Waals surface area contributed by atoms with Gasteiger partial charge in [0.1, 0.15) is 5.82 Å². The van der Waals surface area contributed by atoms with Crippen LogP contribution in [0.2, 0.25) is 0 Å². The lowest BCUT2D eigenvalue weighted by atomic mass is 9.88. The zero-order valence-electron chi connectivity index (χ0n) is 11.2. The molecule has 2 rings (SSSR count). The Labute approximate surface area is 109 Å². The molecule has 0 aromatic heterocycles. The van der Waals surface area contributed by atoms with Crippen LogP contribution in [0.4, 0.5) is 4.39 Å². The fourth-order valence-electron chi connectivity index (χ4n) is 2.71. The lowest BCUT2D eigenvalue weighted by Crippen LogP contribution is -2.33. The largest absolute Gasteiger partial charge is 0.378 e. The van der Waals surface area contributed by atoms with Crippen molar-refractivity contribution in [1.82, 2.24) is 5.32 Å². The van der Waals surface area contributed by atoms with Crippen molar-refractivity contribution in [3.8, 4) is 0 Å². The minimum atomic E-state index is -0.120. The van der Waals surface area contributed by atoms with Crippen LogP contribution in [0.25, 0.3) is 0 Å². The van der Waals surface area contributed by atoms with Gasteiger partial charge < -0.3 is 10.1 Å². The van der Waals surface area contributed by atoms with Crippen LogP contribution in [-0.2, 0) is 4.74 Å². The summed E-state index contributed by atoms with van der Waals surface area (Å²) in [6.07, 6.45) is 2.24. The van der Waals surface area contributed by atoms with Crippen molar-refractivity contribution < 1.29 is 9.13 Å². The van der Waals surface area contributed by atoms with Crippen molar-refractivity contribution in [1.29, 1.82) is 0 Å². The third-order valence-corrected chi connectivity index (χ3v) is 3.72. The van der Waals surface area contributed by atoms with Gasteiger partial charge in [0, 0.05) is 24.1 Å². The zero-order chi connectivity index (χ0) is 13.0. The van der Waals surface area contributed by atoms with E-state index in [-0.39, 0.29) is 18.0 Å². The van der Waals surface area contributed by atoms with Gasteiger partial charge in [0.15, 0.2) is 0 Å². The molecule has 1 heterocycles. The molecule has 1 saturated heterocycles. The number of nitrogens with one attached hydrogen (secondary N) is 1. The van der Waals surface area contributed by atoms with Crippen molar-refractivity contribution in [2.45, 2.75) is 38.8 Å². The Morgan fingerprint density at radius 1 is 1.44 bits per heavy atom. The number of halogens is 1. The molecule has 1 aliphatic rings. The normalized spacial score (nSPS) is 25.3. The van der Waals surface area contributed by atoms with E-state index < -0.39 is 0 Å². The van der Waals surface area contributed by atoms with Gasteiger partial charge in [-0.3, -0.25) is 0 Å². The van der Waals surface area contributed by atoms with Crippen LogP contribution in [0.15, 0.2) is 24.3 Å². The van der Waals surface area contributed by atoms with Crippen LogP contribution in [0.1, 0.15) is 38.3 Å². The first-order chi connectivity index (χ1) is 8.74. The molecule has 0 radical (unpaired) electrons. The summed E-state index contributed by atoms with van der Waals surface area (Å²) < 4.78 is 19.6. The van der Waals surface area contributed by atoms with Gasteiger partial charge in [-0.15, -0.1) is 0 Å². The molecule has 0 bridgehead atoms. The summed E-state index contributed by atoms with van der Waals surface area (Å²) in [5.74, 6) is 0.235. The van der Waals surface area contributed by atoms with Crippen LogP contribution in [0.3, 0.4) is 0 Å². The molecule has 1 fully saturated rings. The molecule has 1 N–H and O–H groups in total. The molecule has 3 atom stereocenters. The molecule has 0 saturated carbocycles. The smallest absolute Gasteiger partial charge is 0.127 e. The molecule has 0 amide bonds. The Kier molecular flexibility index (Phi) is 4.72. The minimum Gasteiger partial charge on any atom is -0.378 e. The van der Waals surface area contributed by atoms with Crippen molar-refractivity contribution in [2.75, 3.05) is 13.2 Å². The standard InChI is InChI=1S/C15H22FNO/c1-3-9-17-15(12-8-10-18-11(12)2)13-6-4-5-7-14(13)16/h4-7,11-12,15,17H,3,8-10H2,1-2H3. The van der Waals surface area contributed by atoms with Crippen molar-refractivity contribution in [2.24, 2.45) is 5.92 Å². The third-order valence-electron chi connectivity index (χ3n) is 3.72. The van der Waals surface area contributed by atoms with E-state index in [9.17, 15) is 4.39 Å². The lowest BCUT2D eigenvalue weighted by Gasteiger charge is -2.27. The fourth-order valence-corrected chi connectivity index (χ4v) is 2.71. The molecule has 2 nitrogen and oxygen atoms in total. The van der Waals surface area contributed by atoms with Crippen molar-refractivity contribution in [3.05, 3.63) is 35.6 Å². The first-order valence-corrected chi connectivity index (χ1v) is 6.83. The van der Waals surface area contributed by atoms with Gasteiger partial charge in [-0.05, 0) is 32.4 Å². The van der Waals surface area contributed by atoms with E-state index in [1.165, 1.54) is 6.07 Å². The lowest BCUT2D eigenvalue weighted by molar-refractivity contribution is 0.0949. The second-order valence-corrected chi connectivity index (χ2v) is 4.98. The van der Waals surface area contributed by atoms with E-state index in [0.29, 0.717) is 5.92 Å². The van der Waals surface area contributed by atoms with Gasteiger partial charge >= 0.3 is 0 Å². The number of hydrogen-bond donors (Lipinski definition) is 1. The van der Waals surface area contributed by atoms with Gasteiger partial charge in [-0.2, -0.15) is 0 Å². The summed E-state index contributed by atoms with van der Waals surface area (Å²) in [7, 11) is 0. The van der Waals surface area contributed by atoms with Crippen LogP contribution in [-0.4, -0.2) is 19.3 Å². The molecule has 1 aromatic carbocycles. The number of rotatable bonds is 5. The highest BCUT2D eigenvalue weighted by molar-refractivity contribution is 5.22. The van der Waals surface area contributed by atoms with E-state index in [2.05, 4.69) is 19.2 Å². The Morgan fingerprint density at radius 3 is 2.83 bits per heavy atom. The molecular formula is C15H22FNO. The molecule has 1 aromatic rings. The van der Waals surface area contributed by atoms with Crippen LogP contribution in [0.5, 0.6) is 0 Å². The predicted molar refractivity (Wildman–Crippen MR) is 71.0 cm³/mol. The van der Waals surface area contributed by atoms with Crippen LogP contribution in [0, 0.1) is 11.7 Å². The molecule has 0 aliphatic carbocycles. The average Bonchev–Trinajstić information content (AvgIpc) is 2.78. The van der Waals surface area contributed by atoms with Gasteiger partial charge in [0.2, 0.25) is 0 Å². The van der Waals surface area contributed by atoms with Gasteiger partial charge in [-0.1, -0.05) is 25.1 Å². The second kappa shape index (κ2) is 6.30. The van der Waals surface area contributed by atoms with Crippen molar-refractivity contribution in [3.63, 3.8) is 0 Å². The second-order valence-electron chi connectivity index (χ2n) is 4.98. The summed E-state index contributed by atoms with van der Waals surface area (Å²) in [4.78, 5) is 0. The minimum absolute atomic E-state index is 0.0589.